The van der Waals surface area contributed by atoms with Crippen molar-refractivity contribution in [2.24, 2.45) is 0 Å². The third-order valence-electron chi connectivity index (χ3n) is 6.52. The first-order valence-corrected chi connectivity index (χ1v) is 12.4. The zero-order valence-electron chi connectivity index (χ0n) is 21.7. The van der Waals surface area contributed by atoms with Crippen molar-refractivity contribution in [2.45, 2.75) is 43.1 Å². The summed E-state index contributed by atoms with van der Waals surface area (Å²) >= 11 is 0. The van der Waals surface area contributed by atoms with Crippen LogP contribution in [0.2, 0.25) is 0 Å². The number of nitrogens with one attached hydrogen (secondary N) is 2. The zero-order valence-corrected chi connectivity index (χ0v) is 21.7. The van der Waals surface area contributed by atoms with Crippen LogP contribution in [0.15, 0.2) is 66.7 Å². The van der Waals surface area contributed by atoms with Gasteiger partial charge in [0, 0.05) is 18.9 Å². The van der Waals surface area contributed by atoms with Gasteiger partial charge in [0.1, 0.15) is 23.4 Å². The molecule has 1 saturated heterocycles. The van der Waals surface area contributed by atoms with E-state index in [1.54, 1.807) is 6.07 Å². The third-order valence-corrected chi connectivity index (χ3v) is 6.52. The van der Waals surface area contributed by atoms with Crippen molar-refractivity contribution >= 4 is 12.0 Å². The van der Waals surface area contributed by atoms with E-state index in [0.29, 0.717) is 35.9 Å². The van der Waals surface area contributed by atoms with Crippen LogP contribution < -0.4 is 15.4 Å². The van der Waals surface area contributed by atoms with E-state index in [9.17, 15) is 49.1 Å². The van der Waals surface area contributed by atoms with E-state index in [1.165, 1.54) is 24.3 Å². The lowest BCUT2D eigenvalue weighted by atomic mass is 9.77. The molecule has 1 heterocycles. The summed E-state index contributed by atoms with van der Waals surface area (Å²) in [5, 5.41) is 4.67. The lowest BCUT2D eigenvalue weighted by Gasteiger charge is -2.37. The minimum atomic E-state index is -5.25. The smallest absolute Gasteiger partial charge is 0.461 e. The number of urea groups is 1. The van der Waals surface area contributed by atoms with Crippen molar-refractivity contribution in [2.75, 3.05) is 6.61 Å². The summed E-state index contributed by atoms with van der Waals surface area (Å²) in [6.45, 7) is -0.0468. The summed E-state index contributed by atoms with van der Waals surface area (Å²) in [4.78, 5) is 25.2. The molecule has 1 aliphatic rings. The first-order chi connectivity index (χ1) is 20.1. The van der Waals surface area contributed by atoms with Gasteiger partial charge in [0.2, 0.25) is 0 Å². The van der Waals surface area contributed by atoms with Crippen LogP contribution in [0.25, 0.3) is 0 Å². The number of halogens is 9. The van der Waals surface area contributed by atoms with Gasteiger partial charge in [0.05, 0.1) is 17.7 Å². The van der Waals surface area contributed by atoms with Gasteiger partial charge < -0.3 is 20.1 Å². The molecule has 3 aromatic rings. The molecule has 1 fully saturated rings. The molecule has 0 saturated carbocycles. The molecule has 2 amide bonds. The monoisotopic (exact) mass is 620 g/mol. The Labute approximate surface area is 237 Å². The van der Waals surface area contributed by atoms with Crippen LogP contribution in [-0.4, -0.2) is 37.2 Å². The van der Waals surface area contributed by atoms with E-state index in [2.05, 4.69) is 15.4 Å². The van der Waals surface area contributed by atoms with Gasteiger partial charge >= 0.3 is 30.7 Å². The summed E-state index contributed by atoms with van der Waals surface area (Å²) in [5.74, 6) is -5.02. The predicted octanol–water partition coefficient (Wildman–Crippen LogP) is 6.32. The van der Waals surface area contributed by atoms with Crippen molar-refractivity contribution in [1.29, 1.82) is 0 Å². The zero-order chi connectivity index (χ0) is 31.6. The normalized spacial score (nSPS) is 16.9. The maximum Gasteiger partial charge on any atom is 0.461 e. The number of cyclic esters (lactones) is 1. The van der Waals surface area contributed by atoms with E-state index in [1.807, 2.05) is 0 Å². The van der Waals surface area contributed by atoms with E-state index in [4.69, 9.17) is 4.74 Å². The highest BCUT2D eigenvalue weighted by Gasteiger charge is 2.45. The maximum atomic E-state index is 14.9. The number of rotatable bonds is 9. The first-order valence-electron chi connectivity index (χ1n) is 12.4. The Bertz CT molecular complexity index is 1480. The van der Waals surface area contributed by atoms with E-state index < -0.39 is 82.8 Å². The molecule has 0 radical (unpaired) electrons. The van der Waals surface area contributed by atoms with Gasteiger partial charge in [-0.3, -0.25) is 0 Å². The van der Waals surface area contributed by atoms with Gasteiger partial charge in [-0.15, -0.1) is 0 Å². The van der Waals surface area contributed by atoms with E-state index in [-0.39, 0.29) is 13.0 Å². The predicted molar refractivity (Wildman–Crippen MR) is 131 cm³/mol. The highest BCUT2D eigenvalue weighted by atomic mass is 19.4. The SMILES string of the molecule is O=C(NC1CCOC1=O)N[C@@](Cc1ccccc1)(c1cc(F)cc(OC(F)(F)C(F)F)c1)c1ccc(F)c(C(F)(F)F)c1. The standard InChI is InChI=1S/C28H21F9N2O4/c29-18-10-17(11-19(13-18)43-28(36,37)24(31)32)26(14-15-4-2-1-3-5-15,39-25(41)38-22-8-9-42-23(22)40)16-6-7-21(30)20(12-16)27(33,34)35/h1-7,10-13,22,24H,8-9,14H2,(H2,38,39,41)/t22?,26-/m1/s1. The second kappa shape index (κ2) is 12.1. The number of benzene rings is 3. The van der Waals surface area contributed by atoms with Crippen molar-refractivity contribution in [1.82, 2.24) is 10.6 Å². The largest absolute Gasteiger partial charge is 0.464 e. The molecule has 2 N–H and O–H groups in total. The first kappa shape index (κ1) is 31.5. The van der Waals surface area contributed by atoms with Crippen molar-refractivity contribution in [3.8, 4) is 5.75 Å². The molecule has 0 spiro atoms. The number of alkyl halides is 7. The van der Waals surface area contributed by atoms with Gasteiger partial charge in [-0.2, -0.15) is 30.7 Å². The Morgan fingerprint density at radius 3 is 2.26 bits per heavy atom. The fraction of sp³-hybridized carbons (Fsp3) is 0.286. The molecule has 0 aliphatic carbocycles. The van der Waals surface area contributed by atoms with Gasteiger partial charge in [-0.05, 0) is 41.0 Å². The Hall–Kier alpha value is -4.43. The highest BCUT2D eigenvalue weighted by molar-refractivity contribution is 5.85. The Balaban J connectivity index is 1.96. The molecule has 43 heavy (non-hydrogen) atoms. The van der Waals surface area contributed by atoms with Gasteiger partial charge in [-0.25, -0.2) is 18.4 Å². The van der Waals surface area contributed by atoms with Crippen LogP contribution in [0.5, 0.6) is 5.75 Å². The number of carbonyl (C=O) groups is 2. The number of esters is 1. The molecule has 3 aromatic carbocycles. The molecule has 1 unspecified atom stereocenters. The van der Waals surface area contributed by atoms with Gasteiger partial charge in [-0.1, -0.05) is 36.4 Å². The number of ether oxygens (including phenoxy) is 2. The molecular formula is C28H21F9N2O4. The van der Waals surface area contributed by atoms with Crippen LogP contribution in [0, 0.1) is 11.6 Å². The van der Waals surface area contributed by atoms with E-state index in [0.717, 1.165) is 6.07 Å². The molecule has 230 valence electrons. The topological polar surface area (TPSA) is 76.7 Å². The van der Waals surface area contributed by atoms with Crippen LogP contribution >= 0.6 is 0 Å². The molecule has 6 nitrogen and oxygen atoms in total. The maximum absolute atomic E-state index is 14.9. The molecule has 2 atom stereocenters. The minimum Gasteiger partial charge on any atom is -0.464 e. The number of hydrogen-bond donors (Lipinski definition) is 2. The molecule has 15 heteroatoms. The van der Waals surface area contributed by atoms with Crippen molar-refractivity contribution < 1.29 is 58.6 Å². The number of hydrogen-bond acceptors (Lipinski definition) is 4. The average Bonchev–Trinajstić information content (AvgIpc) is 3.31. The number of carbonyl (C=O) groups excluding carboxylic acids is 2. The minimum absolute atomic E-state index is 0.0351. The van der Waals surface area contributed by atoms with Crippen LogP contribution in [-0.2, 0) is 27.7 Å². The average molecular weight is 620 g/mol. The Kier molecular flexibility index (Phi) is 8.83. The van der Waals surface area contributed by atoms with Crippen LogP contribution in [0.1, 0.15) is 28.7 Å². The van der Waals surface area contributed by atoms with Gasteiger partial charge in [0.15, 0.2) is 0 Å². The van der Waals surface area contributed by atoms with Gasteiger partial charge in [0.25, 0.3) is 0 Å². The molecule has 1 aliphatic heterocycles. The Morgan fingerprint density at radius 2 is 1.65 bits per heavy atom. The molecule has 0 aromatic heterocycles. The fourth-order valence-corrected chi connectivity index (χ4v) is 4.55. The number of amides is 2. The highest BCUT2D eigenvalue weighted by Crippen LogP contribution is 2.40. The van der Waals surface area contributed by atoms with Crippen LogP contribution in [0.3, 0.4) is 0 Å². The summed E-state index contributed by atoms with van der Waals surface area (Å²) in [5.41, 5.74) is -4.86. The molecule has 0 bridgehead atoms. The summed E-state index contributed by atoms with van der Waals surface area (Å²) in [6.07, 6.45) is -15.2. The lowest BCUT2D eigenvalue weighted by Crippen LogP contribution is -2.54. The van der Waals surface area contributed by atoms with Crippen molar-refractivity contribution in [3.63, 3.8) is 0 Å². The third kappa shape index (κ3) is 7.14. The van der Waals surface area contributed by atoms with Crippen molar-refractivity contribution in [3.05, 3.63) is 101 Å². The summed E-state index contributed by atoms with van der Waals surface area (Å²) < 4.78 is 133. The summed E-state index contributed by atoms with van der Waals surface area (Å²) in [7, 11) is 0. The second-order valence-electron chi connectivity index (χ2n) is 9.51. The molecule has 4 rings (SSSR count). The molecular weight excluding hydrogens is 599 g/mol. The Morgan fingerprint density at radius 1 is 0.953 bits per heavy atom. The lowest BCUT2D eigenvalue weighted by molar-refractivity contribution is -0.253. The second-order valence-corrected chi connectivity index (χ2v) is 9.51. The summed E-state index contributed by atoms with van der Waals surface area (Å²) in [6, 6.07) is 8.41. The van der Waals surface area contributed by atoms with E-state index >= 15 is 0 Å². The fourth-order valence-electron chi connectivity index (χ4n) is 4.55. The quantitative estimate of drug-likeness (QED) is 0.217. The van der Waals surface area contributed by atoms with Crippen LogP contribution in [0.4, 0.5) is 44.3 Å².